The van der Waals surface area contributed by atoms with Gasteiger partial charge in [-0.1, -0.05) is 23.7 Å². The van der Waals surface area contributed by atoms with E-state index >= 15 is 0 Å². The topological polar surface area (TPSA) is 51.5 Å². The number of rotatable bonds is 3. The number of furan rings is 1. The number of carbonyl (C=O) groups is 1. The summed E-state index contributed by atoms with van der Waals surface area (Å²) < 4.78 is 10.9. The standard InChI is InChI=1S/C17H18ClNO3/c1-12-2-7-15(22-12)16(20)19-17(8-10-21-11-9-17)13-3-5-14(18)6-4-13/h2-7H,8-11H2,1H3,(H,19,20). The summed E-state index contributed by atoms with van der Waals surface area (Å²) in [7, 11) is 0. The van der Waals surface area contributed by atoms with E-state index in [4.69, 9.17) is 20.8 Å². The highest BCUT2D eigenvalue weighted by molar-refractivity contribution is 6.30. The summed E-state index contributed by atoms with van der Waals surface area (Å²) >= 11 is 5.97. The van der Waals surface area contributed by atoms with Gasteiger partial charge in [0, 0.05) is 18.2 Å². The maximum atomic E-state index is 12.5. The van der Waals surface area contributed by atoms with Crippen LogP contribution in [-0.4, -0.2) is 19.1 Å². The molecule has 0 unspecified atom stereocenters. The molecule has 1 aliphatic heterocycles. The molecule has 2 aromatic rings. The molecule has 5 heteroatoms. The van der Waals surface area contributed by atoms with Gasteiger partial charge in [0.15, 0.2) is 5.76 Å². The second kappa shape index (κ2) is 6.15. The molecule has 116 valence electrons. The Morgan fingerprint density at radius 3 is 2.41 bits per heavy atom. The number of aryl methyl sites for hydroxylation is 1. The maximum Gasteiger partial charge on any atom is 0.287 e. The van der Waals surface area contributed by atoms with Crippen molar-refractivity contribution >= 4 is 17.5 Å². The van der Waals surface area contributed by atoms with E-state index in [1.165, 1.54) is 0 Å². The van der Waals surface area contributed by atoms with Crippen molar-refractivity contribution in [2.75, 3.05) is 13.2 Å². The Labute approximate surface area is 134 Å². The molecule has 1 saturated heterocycles. The van der Waals surface area contributed by atoms with Crippen molar-refractivity contribution in [3.63, 3.8) is 0 Å². The summed E-state index contributed by atoms with van der Waals surface area (Å²) in [4.78, 5) is 12.5. The van der Waals surface area contributed by atoms with Gasteiger partial charge in [-0.2, -0.15) is 0 Å². The van der Waals surface area contributed by atoms with Gasteiger partial charge in [-0.05, 0) is 49.6 Å². The zero-order valence-electron chi connectivity index (χ0n) is 12.4. The zero-order valence-corrected chi connectivity index (χ0v) is 13.2. The second-order valence-corrected chi connectivity index (χ2v) is 6.00. The third-order valence-corrected chi connectivity index (χ3v) is 4.31. The van der Waals surface area contributed by atoms with E-state index in [0.29, 0.717) is 24.0 Å². The van der Waals surface area contributed by atoms with Crippen LogP contribution in [-0.2, 0) is 10.3 Å². The lowest BCUT2D eigenvalue weighted by atomic mass is 9.82. The quantitative estimate of drug-likeness (QED) is 0.939. The molecule has 1 aromatic carbocycles. The fourth-order valence-electron chi connectivity index (χ4n) is 2.81. The van der Waals surface area contributed by atoms with Crippen molar-refractivity contribution in [3.05, 3.63) is 58.5 Å². The van der Waals surface area contributed by atoms with E-state index in [-0.39, 0.29) is 5.91 Å². The summed E-state index contributed by atoms with van der Waals surface area (Å²) in [6.45, 7) is 3.04. The van der Waals surface area contributed by atoms with Crippen LogP contribution in [0.1, 0.15) is 34.7 Å². The van der Waals surface area contributed by atoms with Crippen molar-refractivity contribution < 1.29 is 13.9 Å². The van der Waals surface area contributed by atoms with E-state index in [1.54, 1.807) is 12.1 Å². The van der Waals surface area contributed by atoms with Crippen LogP contribution in [0.15, 0.2) is 40.8 Å². The van der Waals surface area contributed by atoms with Crippen LogP contribution in [0.5, 0.6) is 0 Å². The van der Waals surface area contributed by atoms with E-state index in [9.17, 15) is 4.79 Å². The van der Waals surface area contributed by atoms with Crippen LogP contribution >= 0.6 is 11.6 Å². The molecule has 1 fully saturated rings. The number of hydrogen-bond donors (Lipinski definition) is 1. The predicted molar refractivity (Wildman–Crippen MR) is 84.1 cm³/mol. The Hall–Kier alpha value is -1.78. The minimum absolute atomic E-state index is 0.204. The van der Waals surface area contributed by atoms with Gasteiger partial charge in [0.25, 0.3) is 5.91 Å². The summed E-state index contributed by atoms with van der Waals surface area (Å²) in [6.07, 6.45) is 1.44. The highest BCUT2D eigenvalue weighted by Gasteiger charge is 2.36. The van der Waals surface area contributed by atoms with Crippen LogP contribution in [0.3, 0.4) is 0 Å². The number of ether oxygens (including phenoxy) is 1. The van der Waals surface area contributed by atoms with Crippen molar-refractivity contribution in [1.82, 2.24) is 5.32 Å². The average Bonchev–Trinajstić information content (AvgIpc) is 2.95. The first-order valence-corrected chi connectivity index (χ1v) is 7.70. The molecule has 0 spiro atoms. The van der Waals surface area contributed by atoms with Gasteiger partial charge in [0.1, 0.15) is 5.76 Å². The van der Waals surface area contributed by atoms with Gasteiger partial charge in [-0.25, -0.2) is 0 Å². The van der Waals surface area contributed by atoms with Crippen molar-refractivity contribution in [2.24, 2.45) is 0 Å². The number of hydrogen-bond acceptors (Lipinski definition) is 3. The van der Waals surface area contributed by atoms with E-state index < -0.39 is 5.54 Å². The number of nitrogens with one attached hydrogen (secondary N) is 1. The molecule has 0 saturated carbocycles. The number of amides is 1. The molecule has 1 aliphatic rings. The summed E-state index contributed by atoms with van der Waals surface area (Å²) in [6, 6.07) is 11.1. The molecular formula is C17H18ClNO3. The lowest BCUT2D eigenvalue weighted by Crippen LogP contribution is -2.49. The molecule has 2 heterocycles. The Bertz CT molecular complexity index is 657. The highest BCUT2D eigenvalue weighted by Crippen LogP contribution is 2.33. The molecule has 1 N–H and O–H groups in total. The molecule has 4 nitrogen and oxygen atoms in total. The first-order chi connectivity index (χ1) is 10.6. The Morgan fingerprint density at radius 1 is 1.14 bits per heavy atom. The van der Waals surface area contributed by atoms with Crippen molar-refractivity contribution in [2.45, 2.75) is 25.3 Å². The van der Waals surface area contributed by atoms with Gasteiger partial charge < -0.3 is 14.5 Å². The summed E-state index contributed by atoms with van der Waals surface area (Å²) in [5.74, 6) is 0.847. The molecule has 1 aromatic heterocycles. The Balaban J connectivity index is 1.89. The molecule has 3 rings (SSSR count). The second-order valence-electron chi connectivity index (χ2n) is 5.57. The van der Waals surface area contributed by atoms with Gasteiger partial charge in [0.2, 0.25) is 0 Å². The summed E-state index contributed by atoms with van der Waals surface area (Å²) in [5, 5.41) is 3.82. The van der Waals surface area contributed by atoms with Gasteiger partial charge >= 0.3 is 0 Å². The SMILES string of the molecule is Cc1ccc(C(=O)NC2(c3ccc(Cl)cc3)CCOCC2)o1. The van der Waals surface area contributed by atoms with E-state index in [1.807, 2.05) is 31.2 Å². The van der Waals surface area contributed by atoms with Crippen LogP contribution in [0.25, 0.3) is 0 Å². The van der Waals surface area contributed by atoms with Crippen LogP contribution in [0.2, 0.25) is 5.02 Å². The third-order valence-electron chi connectivity index (χ3n) is 4.06. The normalized spacial score (nSPS) is 17.2. The molecule has 1 amide bonds. The van der Waals surface area contributed by atoms with Gasteiger partial charge in [-0.3, -0.25) is 4.79 Å². The number of benzene rings is 1. The molecule has 0 bridgehead atoms. The van der Waals surface area contributed by atoms with Crippen molar-refractivity contribution in [1.29, 1.82) is 0 Å². The first-order valence-electron chi connectivity index (χ1n) is 7.32. The van der Waals surface area contributed by atoms with Crippen LogP contribution in [0.4, 0.5) is 0 Å². The maximum absolute atomic E-state index is 12.5. The molecule has 0 atom stereocenters. The minimum Gasteiger partial charge on any atom is -0.456 e. The van der Waals surface area contributed by atoms with Crippen molar-refractivity contribution in [3.8, 4) is 0 Å². The van der Waals surface area contributed by atoms with Crippen LogP contribution in [0, 0.1) is 6.92 Å². The highest BCUT2D eigenvalue weighted by atomic mass is 35.5. The smallest absolute Gasteiger partial charge is 0.287 e. The molecule has 22 heavy (non-hydrogen) atoms. The largest absolute Gasteiger partial charge is 0.456 e. The van der Waals surface area contributed by atoms with E-state index in [2.05, 4.69) is 5.32 Å². The Morgan fingerprint density at radius 2 is 1.82 bits per heavy atom. The summed E-state index contributed by atoms with van der Waals surface area (Å²) in [5.41, 5.74) is 0.595. The monoisotopic (exact) mass is 319 g/mol. The predicted octanol–water partition coefficient (Wildman–Crippen LogP) is 3.68. The minimum atomic E-state index is -0.444. The van der Waals surface area contributed by atoms with E-state index in [0.717, 1.165) is 24.2 Å². The van der Waals surface area contributed by atoms with Crippen LogP contribution < -0.4 is 5.32 Å². The third kappa shape index (κ3) is 3.03. The zero-order chi connectivity index (χ0) is 15.6. The Kier molecular flexibility index (Phi) is 4.23. The fourth-order valence-corrected chi connectivity index (χ4v) is 2.94. The molecule has 0 aliphatic carbocycles. The van der Waals surface area contributed by atoms with Gasteiger partial charge in [-0.15, -0.1) is 0 Å². The fraction of sp³-hybridized carbons (Fsp3) is 0.353. The number of carbonyl (C=O) groups excluding carboxylic acids is 1. The molecule has 0 radical (unpaired) electrons. The van der Waals surface area contributed by atoms with Gasteiger partial charge in [0.05, 0.1) is 5.54 Å². The number of halogens is 1. The molecular weight excluding hydrogens is 302 g/mol. The lowest BCUT2D eigenvalue weighted by Gasteiger charge is -2.38. The first kappa shape index (κ1) is 15.1. The lowest BCUT2D eigenvalue weighted by molar-refractivity contribution is 0.0337. The average molecular weight is 320 g/mol.